The summed E-state index contributed by atoms with van der Waals surface area (Å²) in [5.41, 5.74) is 6.70. The van der Waals surface area contributed by atoms with Gasteiger partial charge in [-0.05, 0) is 40.1 Å². The number of hydrogen-bond donors (Lipinski definition) is 1. The van der Waals surface area contributed by atoms with E-state index in [-0.39, 0.29) is 11.9 Å². The fraction of sp³-hybridized carbons (Fsp3) is 0.118. The summed E-state index contributed by atoms with van der Waals surface area (Å²) in [5, 5.41) is 19.0. The lowest BCUT2D eigenvalue weighted by Gasteiger charge is -2.09. The molecule has 1 atom stereocenters. The third-order valence-electron chi connectivity index (χ3n) is 3.94. The number of nitrogens with one attached hydrogen (secondary N) is 1. The third kappa shape index (κ3) is 2.71. The Hall–Kier alpha value is -3.22. The lowest BCUT2D eigenvalue weighted by molar-refractivity contribution is -0.670. The molecule has 1 aromatic heterocycles. The maximum atomic E-state index is 13.0. The minimum Gasteiger partial charge on any atom is -0.539 e. The Morgan fingerprint density at radius 2 is 1.88 bits per heavy atom. The van der Waals surface area contributed by atoms with Crippen LogP contribution in [0.5, 0.6) is 5.95 Å². The van der Waals surface area contributed by atoms with Crippen molar-refractivity contribution in [2.24, 2.45) is 5.10 Å². The Bertz CT molecular complexity index is 888. The fourth-order valence-electron chi connectivity index (χ4n) is 2.67. The van der Waals surface area contributed by atoms with Crippen LogP contribution >= 0.6 is 0 Å². The molecule has 0 fully saturated rings. The van der Waals surface area contributed by atoms with Crippen molar-refractivity contribution >= 4 is 5.71 Å². The molecule has 0 radical (unpaired) electrons. The molecular weight excluding hydrogens is 311 g/mol. The number of hydrazone groups is 1. The predicted molar refractivity (Wildman–Crippen MR) is 80.9 cm³/mol. The van der Waals surface area contributed by atoms with Gasteiger partial charge in [0.05, 0.1) is 17.0 Å². The maximum Gasteiger partial charge on any atom is 0.239 e. The number of benzene rings is 2. The number of nitrogens with zero attached hydrogens (tertiary/aromatic N) is 3. The molecule has 1 aliphatic rings. The molecule has 3 aromatic rings. The summed E-state index contributed by atoms with van der Waals surface area (Å²) >= 11 is 0. The summed E-state index contributed by atoms with van der Waals surface area (Å²) < 4.78 is 18.9. The SMILES string of the molecule is [O-]c1c[n+](-c2ccc(C3=NNC(c4ccc(F)cc4)C3)cc2)no1. The summed E-state index contributed by atoms with van der Waals surface area (Å²) in [4.78, 5) is 0. The van der Waals surface area contributed by atoms with Gasteiger partial charge in [-0.1, -0.05) is 12.1 Å². The second-order valence-electron chi connectivity index (χ2n) is 5.51. The minimum atomic E-state index is -0.495. The molecule has 0 bridgehead atoms. The molecule has 0 saturated carbocycles. The number of hydrogen-bond acceptors (Lipinski definition) is 5. The average molecular weight is 324 g/mol. The number of rotatable bonds is 3. The Morgan fingerprint density at radius 3 is 2.54 bits per heavy atom. The highest BCUT2D eigenvalue weighted by atomic mass is 19.1. The van der Waals surface area contributed by atoms with E-state index in [1.807, 2.05) is 24.3 Å². The van der Waals surface area contributed by atoms with Crippen molar-refractivity contribution in [2.45, 2.75) is 12.5 Å². The highest BCUT2D eigenvalue weighted by Gasteiger charge is 2.21. The van der Waals surface area contributed by atoms with Gasteiger partial charge in [0.25, 0.3) is 0 Å². The second kappa shape index (κ2) is 5.77. The fourth-order valence-corrected chi connectivity index (χ4v) is 2.67. The monoisotopic (exact) mass is 324 g/mol. The lowest BCUT2D eigenvalue weighted by atomic mass is 9.99. The van der Waals surface area contributed by atoms with Gasteiger partial charge in [0, 0.05) is 18.6 Å². The van der Waals surface area contributed by atoms with Gasteiger partial charge in [-0.15, -0.1) is 0 Å². The molecular formula is C17H13FN4O2. The van der Waals surface area contributed by atoms with E-state index in [4.69, 9.17) is 0 Å². The summed E-state index contributed by atoms with van der Waals surface area (Å²) in [6.45, 7) is 0. The first-order valence-electron chi connectivity index (χ1n) is 7.43. The van der Waals surface area contributed by atoms with E-state index in [1.165, 1.54) is 23.0 Å². The zero-order chi connectivity index (χ0) is 16.5. The number of aromatic nitrogens is 2. The van der Waals surface area contributed by atoms with Crippen LogP contribution in [0.1, 0.15) is 23.6 Å². The molecule has 4 rings (SSSR count). The summed E-state index contributed by atoms with van der Waals surface area (Å²) in [6, 6.07) is 14.0. The van der Waals surface area contributed by atoms with Gasteiger partial charge in [-0.2, -0.15) is 5.10 Å². The van der Waals surface area contributed by atoms with Crippen LogP contribution in [-0.2, 0) is 0 Å². The Kier molecular flexibility index (Phi) is 3.45. The van der Waals surface area contributed by atoms with Crippen molar-refractivity contribution in [2.75, 3.05) is 0 Å². The average Bonchev–Trinajstić information content (AvgIpc) is 3.25. The number of halogens is 1. The van der Waals surface area contributed by atoms with Gasteiger partial charge in [0.2, 0.25) is 11.9 Å². The van der Waals surface area contributed by atoms with Crippen LogP contribution in [0.4, 0.5) is 4.39 Å². The van der Waals surface area contributed by atoms with Crippen molar-refractivity contribution < 1.29 is 18.7 Å². The van der Waals surface area contributed by atoms with Crippen LogP contribution in [0.3, 0.4) is 0 Å². The molecule has 0 amide bonds. The van der Waals surface area contributed by atoms with Crippen LogP contribution in [0.15, 0.2) is 64.4 Å². The summed E-state index contributed by atoms with van der Waals surface area (Å²) in [5.74, 6) is -0.745. The Labute approximate surface area is 136 Å². The highest BCUT2D eigenvalue weighted by Crippen LogP contribution is 2.24. The topological polar surface area (TPSA) is 77.4 Å². The normalized spacial score (nSPS) is 16.7. The third-order valence-corrected chi connectivity index (χ3v) is 3.94. The van der Waals surface area contributed by atoms with Crippen LogP contribution in [0.2, 0.25) is 0 Å². The minimum absolute atomic E-state index is 0.0354. The van der Waals surface area contributed by atoms with Crippen molar-refractivity contribution in [1.82, 2.24) is 10.7 Å². The molecule has 1 aliphatic heterocycles. The molecule has 120 valence electrons. The van der Waals surface area contributed by atoms with Crippen LogP contribution in [0, 0.1) is 5.82 Å². The molecule has 0 aliphatic carbocycles. The lowest BCUT2D eigenvalue weighted by Crippen LogP contribution is -2.31. The predicted octanol–water partition coefficient (Wildman–Crippen LogP) is 1.60. The van der Waals surface area contributed by atoms with Crippen molar-refractivity contribution in [3.05, 3.63) is 71.7 Å². The van der Waals surface area contributed by atoms with E-state index >= 15 is 0 Å². The highest BCUT2D eigenvalue weighted by molar-refractivity contribution is 6.01. The second-order valence-corrected chi connectivity index (χ2v) is 5.51. The zero-order valence-corrected chi connectivity index (χ0v) is 12.5. The van der Waals surface area contributed by atoms with E-state index in [2.05, 4.69) is 20.3 Å². The molecule has 6 nitrogen and oxygen atoms in total. The molecule has 24 heavy (non-hydrogen) atoms. The molecule has 1 unspecified atom stereocenters. The van der Waals surface area contributed by atoms with E-state index in [0.29, 0.717) is 6.42 Å². The van der Waals surface area contributed by atoms with E-state index in [1.54, 1.807) is 12.1 Å². The van der Waals surface area contributed by atoms with Crippen molar-refractivity contribution in [3.8, 4) is 11.6 Å². The first-order valence-corrected chi connectivity index (χ1v) is 7.43. The molecule has 2 heterocycles. The standard InChI is InChI=1S/C17H13FN4O2/c18-13-5-1-11(2-6-13)15-9-16(20-19-15)12-3-7-14(8-4-12)22-10-17(23)24-21-22/h1-8,10,15H,9H2,(H-,19,21,23). The van der Waals surface area contributed by atoms with Crippen LogP contribution in [-0.4, -0.2) is 11.0 Å². The van der Waals surface area contributed by atoms with Gasteiger partial charge >= 0.3 is 0 Å². The van der Waals surface area contributed by atoms with E-state index in [9.17, 15) is 9.50 Å². The van der Waals surface area contributed by atoms with Gasteiger partial charge < -0.3 is 15.1 Å². The first-order chi connectivity index (χ1) is 11.7. The van der Waals surface area contributed by atoms with Gasteiger partial charge in [-0.3, -0.25) is 0 Å². The largest absolute Gasteiger partial charge is 0.539 e. The molecule has 7 heteroatoms. The summed E-state index contributed by atoms with van der Waals surface area (Å²) in [7, 11) is 0. The van der Waals surface area contributed by atoms with Gasteiger partial charge in [0.1, 0.15) is 11.8 Å². The summed E-state index contributed by atoms with van der Waals surface area (Å²) in [6.07, 6.45) is 1.99. The smallest absolute Gasteiger partial charge is 0.239 e. The van der Waals surface area contributed by atoms with Gasteiger partial charge in [0.15, 0.2) is 0 Å². The van der Waals surface area contributed by atoms with E-state index in [0.717, 1.165) is 22.5 Å². The van der Waals surface area contributed by atoms with Crippen LogP contribution in [0.25, 0.3) is 5.69 Å². The molecule has 0 spiro atoms. The zero-order valence-electron chi connectivity index (χ0n) is 12.5. The van der Waals surface area contributed by atoms with Crippen molar-refractivity contribution in [3.63, 3.8) is 0 Å². The quantitative estimate of drug-likeness (QED) is 0.743. The Morgan fingerprint density at radius 1 is 1.12 bits per heavy atom. The maximum absolute atomic E-state index is 13.0. The molecule has 2 aromatic carbocycles. The Balaban J connectivity index is 1.49. The van der Waals surface area contributed by atoms with E-state index < -0.39 is 5.95 Å². The van der Waals surface area contributed by atoms with Crippen molar-refractivity contribution in [1.29, 1.82) is 0 Å². The molecule has 1 N–H and O–H groups in total. The molecule has 0 saturated heterocycles. The van der Waals surface area contributed by atoms with Crippen LogP contribution < -0.4 is 15.2 Å². The van der Waals surface area contributed by atoms with Gasteiger partial charge in [-0.25, -0.2) is 4.39 Å². The first kappa shape index (κ1) is 14.4.